The molecule has 118 valence electrons. The maximum Gasteiger partial charge on any atom is 0.106 e. The lowest BCUT2D eigenvalue weighted by atomic mass is 10.1. The van der Waals surface area contributed by atoms with Gasteiger partial charge in [-0.05, 0) is 19.8 Å². The van der Waals surface area contributed by atoms with E-state index in [1.165, 1.54) is 51.4 Å². The van der Waals surface area contributed by atoms with Crippen molar-refractivity contribution in [1.82, 2.24) is 9.97 Å². The molecule has 0 amide bonds. The van der Waals surface area contributed by atoms with E-state index in [0.29, 0.717) is 0 Å². The molecule has 1 N–H and O–H groups in total. The molecule has 0 fully saturated rings. The van der Waals surface area contributed by atoms with E-state index < -0.39 is 0 Å². The first kappa shape index (κ1) is 17.8. The Morgan fingerprint density at radius 2 is 1.67 bits per heavy atom. The van der Waals surface area contributed by atoms with Crippen molar-refractivity contribution in [3.8, 4) is 6.07 Å². The first-order chi connectivity index (χ1) is 10.2. The third kappa shape index (κ3) is 6.33. The fourth-order valence-corrected chi connectivity index (χ4v) is 2.71. The molecule has 1 unspecified atom stereocenters. The third-order valence-electron chi connectivity index (χ3n) is 4.08. The molecule has 3 heteroatoms. The molecule has 0 spiro atoms. The number of nitriles is 1. The van der Waals surface area contributed by atoms with Crippen molar-refractivity contribution < 1.29 is 0 Å². The molecule has 1 rings (SSSR count). The minimum Gasteiger partial charge on any atom is -0.346 e. The second-order valence-corrected chi connectivity index (χ2v) is 5.98. The number of rotatable bonds is 11. The highest BCUT2D eigenvalue weighted by molar-refractivity contribution is 5.23. The van der Waals surface area contributed by atoms with E-state index >= 15 is 0 Å². The first-order valence-electron chi connectivity index (χ1n) is 8.70. The van der Waals surface area contributed by atoms with Gasteiger partial charge in [0.05, 0.1) is 17.7 Å². The van der Waals surface area contributed by atoms with Crippen LogP contribution in [-0.4, -0.2) is 9.97 Å². The van der Waals surface area contributed by atoms with Gasteiger partial charge in [-0.2, -0.15) is 5.26 Å². The summed E-state index contributed by atoms with van der Waals surface area (Å²) in [7, 11) is 0. The molecule has 0 radical (unpaired) electrons. The lowest BCUT2D eigenvalue weighted by Crippen LogP contribution is -1.95. The molecule has 0 aliphatic heterocycles. The lowest BCUT2D eigenvalue weighted by Gasteiger charge is -2.00. The van der Waals surface area contributed by atoms with Crippen LogP contribution in [0.1, 0.15) is 95.3 Å². The summed E-state index contributed by atoms with van der Waals surface area (Å²) in [6.45, 7) is 6.30. The van der Waals surface area contributed by atoms with E-state index in [-0.39, 0.29) is 5.92 Å². The average molecular weight is 289 g/mol. The zero-order chi connectivity index (χ0) is 15.5. The van der Waals surface area contributed by atoms with Gasteiger partial charge >= 0.3 is 0 Å². The van der Waals surface area contributed by atoms with Gasteiger partial charge < -0.3 is 4.98 Å². The molecule has 1 aromatic rings. The van der Waals surface area contributed by atoms with Gasteiger partial charge in [0.15, 0.2) is 0 Å². The predicted octanol–water partition coefficient (Wildman–Crippen LogP) is 5.28. The summed E-state index contributed by atoms with van der Waals surface area (Å²) in [6, 6.07) is 2.29. The summed E-state index contributed by atoms with van der Waals surface area (Å²) < 4.78 is 0. The topological polar surface area (TPSA) is 52.5 Å². The van der Waals surface area contributed by atoms with Gasteiger partial charge in [-0.3, -0.25) is 0 Å². The van der Waals surface area contributed by atoms with Crippen LogP contribution in [0, 0.1) is 11.3 Å². The lowest BCUT2D eigenvalue weighted by molar-refractivity contribution is 0.572. The Balaban J connectivity index is 2.26. The number of imidazole rings is 1. The Labute approximate surface area is 130 Å². The number of aromatic amines is 1. The van der Waals surface area contributed by atoms with Gasteiger partial charge in [-0.15, -0.1) is 0 Å². The predicted molar refractivity (Wildman–Crippen MR) is 88.3 cm³/mol. The van der Waals surface area contributed by atoms with Gasteiger partial charge in [0.1, 0.15) is 5.82 Å². The number of hydrogen-bond donors (Lipinski definition) is 1. The van der Waals surface area contributed by atoms with Crippen LogP contribution in [0.2, 0.25) is 0 Å². The minimum absolute atomic E-state index is 0.108. The molecule has 21 heavy (non-hydrogen) atoms. The molecule has 0 bridgehead atoms. The van der Waals surface area contributed by atoms with Gasteiger partial charge in [0, 0.05) is 12.1 Å². The second kappa shape index (κ2) is 10.4. The first-order valence-corrected chi connectivity index (χ1v) is 8.70. The van der Waals surface area contributed by atoms with E-state index in [4.69, 9.17) is 5.26 Å². The van der Waals surface area contributed by atoms with E-state index in [2.05, 4.69) is 29.9 Å². The fourth-order valence-electron chi connectivity index (χ4n) is 2.71. The molecule has 1 aromatic heterocycles. The number of unbranched alkanes of at least 4 members (excludes halogenated alkanes) is 7. The molecule has 0 saturated carbocycles. The SMILES string of the molecule is CCCCCCCCCCc1nc(C(C)C#N)c(CC)[nH]1. The monoisotopic (exact) mass is 289 g/mol. The second-order valence-electron chi connectivity index (χ2n) is 5.98. The van der Waals surface area contributed by atoms with Crippen LogP contribution < -0.4 is 0 Å². The summed E-state index contributed by atoms with van der Waals surface area (Å²) in [5.74, 6) is 0.957. The van der Waals surface area contributed by atoms with Crippen LogP contribution in [0.3, 0.4) is 0 Å². The summed E-state index contributed by atoms with van der Waals surface area (Å²) in [6.07, 6.45) is 12.6. The normalized spacial score (nSPS) is 12.3. The standard InChI is InChI=1S/C18H31N3/c1-4-6-7-8-9-10-11-12-13-17-20-16(5-2)18(21-17)15(3)14-19/h15H,4-13H2,1-3H3,(H,20,21). The van der Waals surface area contributed by atoms with E-state index in [9.17, 15) is 0 Å². The Morgan fingerprint density at radius 1 is 1.05 bits per heavy atom. The summed E-state index contributed by atoms with van der Waals surface area (Å²) in [4.78, 5) is 8.04. The smallest absolute Gasteiger partial charge is 0.106 e. The van der Waals surface area contributed by atoms with Crippen LogP contribution >= 0.6 is 0 Å². The number of nitrogens with zero attached hydrogens (tertiary/aromatic N) is 2. The number of hydrogen-bond acceptors (Lipinski definition) is 2. The van der Waals surface area contributed by atoms with Crippen molar-refractivity contribution in [3.63, 3.8) is 0 Å². The van der Waals surface area contributed by atoms with Gasteiger partial charge in [-0.1, -0.05) is 58.8 Å². The van der Waals surface area contributed by atoms with Crippen LogP contribution in [0.5, 0.6) is 0 Å². The molecular weight excluding hydrogens is 258 g/mol. The molecule has 3 nitrogen and oxygen atoms in total. The summed E-state index contributed by atoms with van der Waals surface area (Å²) >= 11 is 0. The Hall–Kier alpha value is -1.30. The van der Waals surface area contributed by atoms with E-state index in [0.717, 1.165) is 30.1 Å². The maximum absolute atomic E-state index is 9.05. The zero-order valence-corrected chi connectivity index (χ0v) is 14.0. The van der Waals surface area contributed by atoms with Gasteiger partial charge in [0.2, 0.25) is 0 Å². The molecule has 0 aliphatic rings. The minimum atomic E-state index is -0.108. The highest BCUT2D eigenvalue weighted by Gasteiger charge is 2.14. The number of aromatic nitrogens is 2. The Kier molecular flexibility index (Phi) is 8.82. The third-order valence-corrected chi connectivity index (χ3v) is 4.08. The van der Waals surface area contributed by atoms with Crippen LogP contribution in [0.15, 0.2) is 0 Å². The Morgan fingerprint density at radius 3 is 2.24 bits per heavy atom. The van der Waals surface area contributed by atoms with Crippen LogP contribution in [-0.2, 0) is 12.8 Å². The fraction of sp³-hybridized carbons (Fsp3) is 0.778. The maximum atomic E-state index is 9.05. The highest BCUT2D eigenvalue weighted by atomic mass is 14.9. The summed E-state index contributed by atoms with van der Waals surface area (Å²) in [5.41, 5.74) is 2.09. The highest BCUT2D eigenvalue weighted by Crippen LogP contribution is 2.19. The number of nitrogens with one attached hydrogen (secondary N) is 1. The van der Waals surface area contributed by atoms with Gasteiger partial charge in [-0.25, -0.2) is 4.98 Å². The molecule has 0 aromatic carbocycles. The molecule has 0 aliphatic carbocycles. The molecular formula is C18H31N3. The van der Waals surface area contributed by atoms with E-state index in [1.807, 2.05) is 6.92 Å². The van der Waals surface area contributed by atoms with Crippen molar-refractivity contribution >= 4 is 0 Å². The number of H-pyrrole nitrogens is 1. The van der Waals surface area contributed by atoms with Crippen molar-refractivity contribution in [2.45, 2.75) is 90.9 Å². The average Bonchev–Trinajstić information content (AvgIpc) is 2.92. The molecule has 1 atom stereocenters. The largest absolute Gasteiger partial charge is 0.346 e. The van der Waals surface area contributed by atoms with Crippen LogP contribution in [0.25, 0.3) is 0 Å². The van der Waals surface area contributed by atoms with Crippen molar-refractivity contribution in [1.29, 1.82) is 5.26 Å². The molecule has 1 heterocycles. The van der Waals surface area contributed by atoms with Crippen molar-refractivity contribution in [3.05, 3.63) is 17.2 Å². The summed E-state index contributed by atoms with van der Waals surface area (Å²) in [5, 5.41) is 9.05. The van der Waals surface area contributed by atoms with Crippen molar-refractivity contribution in [2.24, 2.45) is 0 Å². The number of aryl methyl sites for hydroxylation is 2. The van der Waals surface area contributed by atoms with Crippen LogP contribution in [0.4, 0.5) is 0 Å². The zero-order valence-electron chi connectivity index (χ0n) is 14.0. The molecule has 0 saturated heterocycles. The van der Waals surface area contributed by atoms with E-state index in [1.54, 1.807) is 0 Å². The van der Waals surface area contributed by atoms with Gasteiger partial charge in [0.25, 0.3) is 0 Å². The quantitative estimate of drug-likeness (QED) is 0.563. The van der Waals surface area contributed by atoms with Crippen molar-refractivity contribution in [2.75, 3.05) is 0 Å². The Bertz CT molecular complexity index is 428.